The number of benzene rings is 2. The van der Waals surface area contributed by atoms with Crippen molar-refractivity contribution in [2.75, 3.05) is 14.2 Å². The molecule has 0 aliphatic heterocycles. The third kappa shape index (κ3) is 4.66. The molecule has 0 fully saturated rings. The zero-order valence-corrected chi connectivity index (χ0v) is 24.3. The molecule has 1 aromatic heterocycles. The van der Waals surface area contributed by atoms with Crippen LogP contribution in [0.15, 0.2) is 71.7 Å². The Kier molecular flexibility index (Phi) is 7.53. The number of methoxy groups -OCH3 is 2. The van der Waals surface area contributed by atoms with Gasteiger partial charge in [-0.2, -0.15) is 0 Å². The summed E-state index contributed by atoms with van der Waals surface area (Å²) < 4.78 is 41.9. The Morgan fingerprint density at radius 2 is 1.32 bits per heavy atom. The number of para-hydroxylation sites is 1. The quantitative estimate of drug-likeness (QED) is 0.260. The van der Waals surface area contributed by atoms with Crippen molar-refractivity contribution in [3.8, 4) is 0 Å². The lowest BCUT2D eigenvalue weighted by molar-refractivity contribution is -0.136. The van der Waals surface area contributed by atoms with Crippen LogP contribution in [0.5, 0.6) is 0 Å². The van der Waals surface area contributed by atoms with Crippen molar-refractivity contribution in [1.82, 2.24) is 3.97 Å². The molecule has 0 saturated heterocycles. The smallest absolute Gasteiger partial charge is 0.269 e. The van der Waals surface area contributed by atoms with Crippen LogP contribution in [0.1, 0.15) is 81.7 Å². The van der Waals surface area contributed by atoms with Crippen LogP contribution >= 0.6 is 0 Å². The van der Waals surface area contributed by atoms with Gasteiger partial charge in [-0.05, 0) is 70.9 Å². The Labute approximate surface area is 226 Å². The minimum absolute atomic E-state index is 0.0252. The fraction of sp³-hybridized carbons (Fsp3) is 0.419. The first-order chi connectivity index (χ1) is 17.8. The van der Waals surface area contributed by atoms with Crippen LogP contribution in [0.2, 0.25) is 0 Å². The molecule has 4 rings (SSSR count). The van der Waals surface area contributed by atoms with E-state index in [1.165, 1.54) is 30.3 Å². The van der Waals surface area contributed by atoms with Crippen LogP contribution in [-0.4, -0.2) is 37.5 Å². The number of ether oxygens (including phenoxy) is 2. The molecule has 38 heavy (non-hydrogen) atoms. The molecule has 0 spiro atoms. The average molecular weight is 538 g/mol. The van der Waals surface area contributed by atoms with E-state index in [0.717, 1.165) is 16.7 Å². The molecule has 0 amide bonds. The lowest BCUT2D eigenvalue weighted by Crippen LogP contribution is -2.36. The molecule has 0 radical (unpaired) electrons. The second-order valence-electron chi connectivity index (χ2n) is 11.0. The van der Waals surface area contributed by atoms with Crippen molar-refractivity contribution in [3.63, 3.8) is 0 Å². The van der Waals surface area contributed by atoms with E-state index in [-0.39, 0.29) is 23.4 Å². The Balaban J connectivity index is 2.07. The van der Waals surface area contributed by atoms with Gasteiger partial charge in [0.1, 0.15) is 5.60 Å². The first kappa shape index (κ1) is 28.3. The summed E-state index contributed by atoms with van der Waals surface area (Å²) in [6.07, 6.45) is 6.24. The maximum Gasteiger partial charge on any atom is 0.269 e. The molecule has 0 atom stereocenters. The van der Waals surface area contributed by atoms with Crippen molar-refractivity contribution >= 4 is 20.9 Å². The summed E-state index contributed by atoms with van der Waals surface area (Å²) in [5.41, 5.74) is 1.70. The average Bonchev–Trinajstić information content (AvgIpc) is 3.30. The summed E-state index contributed by atoms with van der Waals surface area (Å²) in [7, 11) is -1.14. The summed E-state index contributed by atoms with van der Waals surface area (Å²) in [5.74, 6) is -0.931. The molecular weight excluding hydrogens is 498 g/mol. The number of fused-ring (bicyclic) bond motifs is 1. The van der Waals surface area contributed by atoms with Crippen molar-refractivity contribution < 1.29 is 23.0 Å². The zero-order valence-electron chi connectivity index (χ0n) is 23.5. The topological polar surface area (TPSA) is 77.8 Å². The Hall–Kier alpha value is -2.71. The number of rotatable bonds is 8. The molecule has 2 aromatic carbocycles. The number of aliphatic hydroxyl groups is 1. The van der Waals surface area contributed by atoms with Gasteiger partial charge in [0.25, 0.3) is 10.0 Å². The number of hydrogen-bond donors (Lipinski definition) is 1. The van der Waals surface area contributed by atoms with Crippen LogP contribution < -0.4 is 0 Å². The molecule has 0 unspecified atom stereocenters. The van der Waals surface area contributed by atoms with E-state index in [9.17, 15) is 13.5 Å². The van der Waals surface area contributed by atoms with Gasteiger partial charge in [0.15, 0.2) is 0 Å². The van der Waals surface area contributed by atoms with E-state index < -0.39 is 21.4 Å². The van der Waals surface area contributed by atoms with Crippen LogP contribution in [-0.2, 0) is 25.1 Å². The third-order valence-electron chi connectivity index (χ3n) is 7.43. The minimum Gasteiger partial charge on any atom is -0.376 e. The second-order valence-corrected chi connectivity index (χ2v) is 12.7. The van der Waals surface area contributed by atoms with E-state index >= 15 is 0 Å². The lowest BCUT2D eigenvalue weighted by atomic mass is 9.89. The van der Waals surface area contributed by atoms with Gasteiger partial charge >= 0.3 is 0 Å². The molecule has 1 N–H and O–H groups in total. The van der Waals surface area contributed by atoms with Crippen LogP contribution in [0, 0.1) is 0 Å². The highest BCUT2D eigenvalue weighted by atomic mass is 32.2. The lowest BCUT2D eigenvalue weighted by Gasteiger charge is -2.33. The first-order valence-electron chi connectivity index (χ1n) is 13.1. The van der Waals surface area contributed by atoms with Crippen LogP contribution in [0.4, 0.5) is 0 Å². The van der Waals surface area contributed by atoms with Crippen LogP contribution in [0.3, 0.4) is 0 Å². The van der Waals surface area contributed by atoms with E-state index in [1.54, 1.807) is 24.3 Å². The Bertz CT molecular complexity index is 1460. The van der Waals surface area contributed by atoms with E-state index in [4.69, 9.17) is 9.47 Å². The summed E-state index contributed by atoms with van der Waals surface area (Å²) in [4.78, 5) is 0.310. The number of aromatic nitrogens is 1. The molecule has 204 valence electrons. The highest BCUT2D eigenvalue weighted by Gasteiger charge is 2.40. The molecular formula is C31H39NO5S. The number of nitrogens with zero attached hydrogens (tertiary/aromatic N) is 1. The maximum atomic E-state index is 14.8. The summed E-state index contributed by atoms with van der Waals surface area (Å²) in [5, 5.41) is 12.6. The van der Waals surface area contributed by atoms with Crippen molar-refractivity contribution in [3.05, 3.63) is 89.2 Å². The van der Waals surface area contributed by atoms with Crippen molar-refractivity contribution in [2.24, 2.45) is 0 Å². The van der Waals surface area contributed by atoms with Gasteiger partial charge in [0, 0.05) is 19.6 Å². The summed E-state index contributed by atoms with van der Waals surface area (Å²) >= 11 is 0. The van der Waals surface area contributed by atoms with Gasteiger partial charge in [-0.3, -0.25) is 0 Å². The van der Waals surface area contributed by atoms with Gasteiger partial charge < -0.3 is 14.6 Å². The van der Waals surface area contributed by atoms with Gasteiger partial charge in [-0.25, -0.2) is 12.4 Å². The third-order valence-corrected chi connectivity index (χ3v) is 9.29. The summed E-state index contributed by atoms with van der Waals surface area (Å²) in [6.45, 7) is 12.3. The molecule has 1 aliphatic carbocycles. The SMILES string of the molecule is COC1(OC)C=CC(O)(c2cc3ccccc3n2S(=O)(=O)c2c(C(C)C)cc(C(C)C)cc2C(C)C)C=C1. The fourth-order valence-electron chi connectivity index (χ4n) is 5.07. The fourth-order valence-corrected chi connectivity index (χ4v) is 7.32. The van der Waals surface area contributed by atoms with E-state index in [2.05, 4.69) is 13.8 Å². The molecule has 1 heterocycles. The standard InChI is InChI=1S/C31H39NO5S/c1-20(2)24-17-25(21(3)4)29(26(18-24)22(5)6)38(34,35)32-27-12-10-9-11-23(27)19-28(32)30(33)13-15-31(36-7,37-8)16-14-30/h9-22,33H,1-8H3. The monoisotopic (exact) mass is 537 g/mol. The van der Waals surface area contributed by atoms with Gasteiger partial charge in [-0.15, -0.1) is 0 Å². The predicted molar refractivity (Wildman–Crippen MR) is 152 cm³/mol. The molecule has 0 bridgehead atoms. The van der Waals surface area contributed by atoms with Crippen molar-refractivity contribution in [2.45, 2.75) is 75.6 Å². The zero-order chi connectivity index (χ0) is 28.0. The number of hydrogen-bond acceptors (Lipinski definition) is 5. The van der Waals surface area contributed by atoms with E-state index in [1.807, 2.05) is 58.0 Å². The van der Waals surface area contributed by atoms with E-state index in [0.29, 0.717) is 15.8 Å². The molecule has 1 aliphatic rings. The largest absolute Gasteiger partial charge is 0.376 e. The second kappa shape index (κ2) is 10.1. The van der Waals surface area contributed by atoms with Crippen molar-refractivity contribution in [1.29, 1.82) is 0 Å². The molecule has 3 aromatic rings. The molecule has 6 nitrogen and oxygen atoms in total. The first-order valence-corrected chi connectivity index (χ1v) is 14.5. The highest BCUT2D eigenvalue weighted by Crippen LogP contribution is 2.41. The van der Waals surface area contributed by atoms with Gasteiger partial charge in [0.2, 0.25) is 5.79 Å². The van der Waals surface area contributed by atoms with Gasteiger partial charge in [0.05, 0.1) is 16.1 Å². The normalized spacial score (nSPS) is 16.8. The molecule has 7 heteroatoms. The Morgan fingerprint density at radius 1 is 0.789 bits per heavy atom. The summed E-state index contributed by atoms with van der Waals surface area (Å²) in [6, 6.07) is 13.1. The van der Waals surface area contributed by atoms with Crippen LogP contribution in [0.25, 0.3) is 10.9 Å². The predicted octanol–water partition coefficient (Wildman–Crippen LogP) is 6.55. The highest BCUT2D eigenvalue weighted by molar-refractivity contribution is 7.90. The minimum atomic E-state index is -4.15. The molecule has 0 saturated carbocycles. The maximum absolute atomic E-state index is 14.8. The van der Waals surface area contributed by atoms with Gasteiger partial charge in [-0.1, -0.05) is 71.9 Å². The Morgan fingerprint density at radius 3 is 1.79 bits per heavy atom.